The first kappa shape index (κ1) is 18.0. The summed E-state index contributed by atoms with van der Waals surface area (Å²) in [7, 11) is 0. The highest BCUT2D eigenvalue weighted by atomic mass is 19.4. The van der Waals surface area contributed by atoms with Crippen LogP contribution in [0.4, 0.5) is 13.2 Å². The van der Waals surface area contributed by atoms with Gasteiger partial charge in [-0.05, 0) is 39.8 Å². The number of halogens is 3. The molecule has 0 aromatic carbocycles. The summed E-state index contributed by atoms with van der Waals surface area (Å²) in [5, 5.41) is 6.64. The van der Waals surface area contributed by atoms with Crippen molar-refractivity contribution in [3.05, 3.63) is 46.6 Å². The molecular formula is C16H18F3N3O2. The van der Waals surface area contributed by atoms with E-state index < -0.39 is 23.3 Å². The third-order valence-corrected chi connectivity index (χ3v) is 3.55. The van der Waals surface area contributed by atoms with E-state index in [0.29, 0.717) is 11.5 Å². The maximum absolute atomic E-state index is 12.7. The van der Waals surface area contributed by atoms with Crippen LogP contribution in [0, 0.1) is 13.8 Å². The summed E-state index contributed by atoms with van der Waals surface area (Å²) in [6.07, 6.45) is -4.79. The summed E-state index contributed by atoms with van der Waals surface area (Å²) in [6, 6.07) is 3.49. The van der Waals surface area contributed by atoms with E-state index >= 15 is 0 Å². The Hall–Kier alpha value is -2.38. The van der Waals surface area contributed by atoms with Crippen LogP contribution in [0.15, 0.2) is 22.7 Å². The average molecular weight is 341 g/mol. The molecule has 0 fully saturated rings. The molecule has 1 N–H and O–H groups in total. The molecular weight excluding hydrogens is 323 g/mol. The normalized spacial score (nSPS) is 12.3. The van der Waals surface area contributed by atoms with Gasteiger partial charge in [-0.25, -0.2) is 4.98 Å². The van der Waals surface area contributed by atoms with Crippen LogP contribution in [0.2, 0.25) is 0 Å². The number of rotatable bonds is 4. The molecule has 0 spiro atoms. The number of pyridine rings is 1. The SMILES string of the molecule is Cc1noc(C)c1C(C)(C)NC(=O)Cc1cccc(C(F)(F)F)n1. The van der Waals surface area contributed by atoms with Crippen molar-refractivity contribution in [1.82, 2.24) is 15.5 Å². The molecule has 0 bridgehead atoms. The Labute approximate surface area is 137 Å². The van der Waals surface area contributed by atoms with Gasteiger partial charge >= 0.3 is 6.18 Å². The van der Waals surface area contributed by atoms with Gasteiger partial charge in [0.15, 0.2) is 0 Å². The standard InChI is InChI=1S/C16H18F3N3O2/c1-9-14(10(2)24-22-9)15(3,4)21-13(23)8-11-6-5-7-12(20-11)16(17,18)19/h5-7H,8H2,1-4H3,(H,21,23). The minimum atomic E-state index is -4.54. The molecule has 0 saturated carbocycles. The number of hydrogen-bond donors (Lipinski definition) is 1. The summed E-state index contributed by atoms with van der Waals surface area (Å²) in [5.41, 5.74) is -0.343. The van der Waals surface area contributed by atoms with Crippen molar-refractivity contribution in [3.8, 4) is 0 Å². The lowest BCUT2D eigenvalue weighted by molar-refractivity contribution is -0.141. The summed E-state index contributed by atoms with van der Waals surface area (Å²) in [5.74, 6) is 0.141. The average Bonchev–Trinajstić information content (AvgIpc) is 2.77. The Balaban J connectivity index is 2.14. The minimum absolute atomic E-state index is 0.0527. The topological polar surface area (TPSA) is 68.0 Å². The molecule has 0 unspecified atom stereocenters. The van der Waals surface area contributed by atoms with E-state index in [2.05, 4.69) is 15.5 Å². The number of aromatic nitrogens is 2. The van der Waals surface area contributed by atoms with Gasteiger partial charge in [0.25, 0.3) is 0 Å². The molecule has 130 valence electrons. The number of aryl methyl sites for hydroxylation is 2. The first-order chi connectivity index (χ1) is 11.0. The van der Waals surface area contributed by atoms with Gasteiger partial charge in [0.2, 0.25) is 5.91 Å². The number of alkyl halides is 3. The molecule has 0 aliphatic carbocycles. The molecule has 2 rings (SSSR count). The van der Waals surface area contributed by atoms with E-state index in [9.17, 15) is 18.0 Å². The largest absolute Gasteiger partial charge is 0.433 e. The van der Waals surface area contributed by atoms with Gasteiger partial charge in [0.1, 0.15) is 11.5 Å². The maximum atomic E-state index is 12.7. The summed E-state index contributed by atoms with van der Waals surface area (Å²) >= 11 is 0. The first-order valence-corrected chi connectivity index (χ1v) is 7.28. The lowest BCUT2D eigenvalue weighted by Crippen LogP contribution is -2.42. The highest BCUT2D eigenvalue weighted by Crippen LogP contribution is 2.28. The second-order valence-corrected chi connectivity index (χ2v) is 6.06. The number of carbonyl (C=O) groups is 1. The molecule has 2 heterocycles. The van der Waals surface area contributed by atoms with Gasteiger partial charge in [0, 0.05) is 5.56 Å². The Kier molecular flexibility index (Phi) is 4.68. The highest BCUT2D eigenvalue weighted by Gasteiger charge is 2.33. The van der Waals surface area contributed by atoms with Crippen molar-refractivity contribution in [2.75, 3.05) is 0 Å². The van der Waals surface area contributed by atoms with E-state index in [1.165, 1.54) is 12.1 Å². The zero-order valence-corrected chi connectivity index (χ0v) is 13.8. The zero-order valence-electron chi connectivity index (χ0n) is 13.8. The number of carbonyl (C=O) groups excluding carboxylic acids is 1. The summed E-state index contributed by atoms with van der Waals surface area (Å²) in [6.45, 7) is 7.04. The maximum Gasteiger partial charge on any atom is 0.433 e. The van der Waals surface area contributed by atoms with Crippen molar-refractivity contribution < 1.29 is 22.5 Å². The number of hydrogen-bond acceptors (Lipinski definition) is 4. The van der Waals surface area contributed by atoms with Crippen LogP contribution >= 0.6 is 0 Å². The van der Waals surface area contributed by atoms with Crippen LogP contribution in [-0.4, -0.2) is 16.0 Å². The van der Waals surface area contributed by atoms with Crippen LogP contribution in [0.25, 0.3) is 0 Å². The lowest BCUT2D eigenvalue weighted by Gasteiger charge is -2.26. The Bertz CT molecular complexity index is 732. The summed E-state index contributed by atoms with van der Waals surface area (Å²) < 4.78 is 43.1. The van der Waals surface area contributed by atoms with Crippen molar-refractivity contribution >= 4 is 5.91 Å². The van der Waals surface area contributed by atoms with Crippen LogP contribution in [0.5, 0.6) is 0 Å². The quantitative estimate of drug-likeness (QED) is 0.926. The van der Waals surface area contributed by atoms with Gasteiger partial charge in [-0.1, -0.05) is 11.2 Å². The van der Waals surface area contributed by atoms with E-state index in [1.807, 2.05) is 0 Å². The number of amides is 1. The predicted molar refractivity (Wildman–Crippen MR) is 80.1 cm³/mol. The molecule has 0 atom stereocenters. The van der Waals surface area contributed by atoms with Gasteiger partial charge in [-0.3, -0.25) is 4.79 Å². The van der Waals surface area contributed by atoms with E-state index in [1.54, 1.807) is 27.7 Å². The van der Waals surface area contributed by atoms with Crippen molar-refractivity contribution in [3.63, 3.8) is 0 Å². The lowest BCUT2D eigenvalue weighted by atomic mass is 9.92. The minimum Gasteiger partial charge on any atom is -0.361 e. The molecule has 0 saturated heterocycles. The monoisotopic (exact) mass is 341 g/mol. The Morgan fingerprint density at radius 1 is 1.25 bits per heavy atom. The first-order valence-electron chi connectivity index (χ1n) is 7.28. The van der Waals surface area contributed by atoms with Crippen molar-refractivity contribution in [2.24, 2.45) is 0 Å². The predicted octanol–water partition coefficient (Wildman–Crippen LogP) is 3.30. The van der Waals surface area contributed by atoms with Crippen molar-refractivity contribution in [1.29, 1.82) is 0 Å². The van der Waals surface area contributed by atoms with Gasteiger partial charge in [0.05, 0.1) is 23.3 Å². The number of nitrogens with one attached hydrogen (secondary N) is 1. The Morgan fingerprint density at radius 2 is 1.92 bits per heavy atom. The molecule has 5 nitrogen and oxygen atoms in total. The van der Waals surface area contributed by atoms with Crippen LogP contribution in [0.1, 0.15) is 42.3 Å². The Morgan fingerprint density at radius 3 is 2.46 bits per heavy atom. The van der Waals surface area contributed by atoms with Gasteiger partial charge < -0.3 is 9.84 Å². The van der Waals surface area contributed by atoms with Gasteiger partial charge in [-0.15, -0.1) is 0 Å². The van der Waals surface area contributed by atoms with E-state index in [4.69, 9.17) is 4.52 Å². The van der Waals surface area contributed by atoms with E-state index in [0.717, 1.165) is 11.6 Å². The fraction of sp³-hybridized carbons (Fsp3) is 0.438. The molecule has 2 aromatic heterocycles. The molecule has 24 heavy (non-hydrogen) atoms. The molecule has 2 aromatic rings. The third-order valence-electron chi connectivity index (χ3n) is 3.55. The fourth-order valence-electron chi connectivity index (χ4n) is 2.73. The molecule has 0 aliphatic heterocycles. The molecule has 0 aliphatic rings. The second kappa shape index (κ2) is 6.26. The van der Waals surface area contributed by atoms with Crippen LogP contribution < -0.4 is 5.32 Å². The van der Waals surface area contributed by atoms with Crippen LogP contribution in [0.3, 0.4) is 0 Å². The highest BCUT2D eigenvalue weighted by molar-refractivity contribution is 5.79. The molecule has 1 amide bonds. The summed E-state index contributed by atoms with van der Waals surface area (Å²) in [4.78, 5) is 15.7. The fourth-order valence-corrected chi connectivity index (χ4v) is 2.73. The smallest absolute Gasteiger partial charge is 0.361 e. The van der Waals surface area contributed by atoms with Crippen molar-refractivity contribution in [2.45, 2.75) is 45.8 Å². The van der Waals surface area contributed by atoms with Crippen LogP contribution in [-0.2, 0) is 22.9 Å². The van der Waals surface area contributed by atoms with E-state index in [-0.39, 0.29) is 12.1 Å². The van der Waals surface area contributed by atoms with Gasteiger partial charge in [-0.2, -0.15) is 13.2 Å². The zero-order chi connectivity index (χ0) is 18.1. The molecule has 0 radical (unpaired) electrons. The third kappa shape index (κ3) is 3.93. The second-order valence-electron chi connectivity index (χ2n) is 6.06. The number of nitrogens with zero attached hydrogens (tertiary/aromatic N) is 2. The molecule has 8 heteroatoms.